The predicted molar refractivity (Wildman–Crippen MR) is 116 cm³/mol. The molecule has 0 unspecified atom stereocenters. The molecule has 1 aromatic heterocycles. The molecule has 0 bridgehead atoms. The molecule has 1 saturated heterocycles. The van der Waals surface area contributed by atoms with Crippen LogP contribution >= 0.6 is 22.9 Å². The van der Waals surface area contributed by atoms with Crippen LogP contribution in [0.1, 0.15) is 28.9 Å². The molecule has 0 saturated carbocycles. The number of carbonyl (C=O) groups is 2. The van der Waals surface area contributed by atoms with Gasteiger partial charge in [0.05, 0.1) is 23.4 Å². The SMILES string of the molecule is O=C(Cc1csc(-c2ccccc2)n1)Nc1cc(Cl)ccc1C(=O)N1CCCC1. The molecule has 148 valence electrons. The Morgan fingerprint density at radius 1 is 1.10 bits per heavy atom. The molecule has 0 radical (unpaired) electrons. The van der Waals surface area contributed by atoms with Crippen LogP contribution in [0.25, 0.3) is 10.6 Å². The zero-order valence-electron chi connectivity index (χ0n) is 15.7. The number of amides is 2. The van der Waals surface area contributed by atoms with Crippen molar-refractivity contribution in [1.82, 2.24) is 9.88 Å². The van der Waals surface area contributed by atoms with Gasteiger partial charge in [0.15, 0.2) is 0 Å². The highest BCUT2D eigenvalue weighted by atomic mass is 35.5. The Hall–Kier alpha value is -2.70. The second-order valence-electron chi connectivity index (χ2n) is 6.92. The number of halogens is 1. The largest absolute Gasteiger partial charge is 0.339 e. The van der Waals surface area contributed by atoms with E-state index >= 15 is 0 Å². The van der Waals surface area contributed by atoms with Crippen LogP contribution in [-0.2, 0) is 11.2 Å². The Morgan fingerprint density at radius 3 is 2.62 bits per heavy atom. The molecule has 7 heteroatoms. The second-order valence-corrected chi connectivity index (χ2v) is 8.22. The zero-order valence-corrected chi connectivity index (χ0v) is 17.3. The van der Waals surface area contributed by atoms with Gasteiger partial charge in [0, 0.05) is 29.1 Å². The monoisotopic (exact) mass is 425 g/mol. The summed E-state index contributed by atoms with van der Waals surface area (Å²) in [7, 11) is 0. The molecular weight excluding hydrogens is 406 g/mol. The van der Waals surface area contributed by atoms with Crippen LogP contribution in [0, 0.1) is 0 Å². The number of aromatic nitrogens is 1. The topological polar surface area (TPSA) is 62.3 Å². The van der Waals surface area contributed by atoms with E-state index in [4.69, 9.17) is 11.6 Å². The van der Waals surface area contributed by atoms with Crippen LogP contribution in [0.2, 0.25) is 5.02 Å². The number of hydrogen-bond donors (Lipinski definition) is 1. The molecule has 0 spiro atoms. The Morgan fingerprint density at radius 2 is 1.86 bits per heavy atom. The second kappa shape index (κ2) is 8.76. The third kappa shape index (κ3) is 4.66. The van der Waals surface area contributed by atoms with Crippen LogP contribution in [0.3, 0.4) is 0 Å². The molecule has 1 aliphatic rings. The van der Waals surface area contributed by atoms with Crippen LogP contribution in [-0.4, -0.2) is 34.8 Å². The number of anilines is 1. The van der Waals surface area contributed by atoms with Gasteiger partial charge in [0.25, 0.3) is 5.91 Å². The summed E-state index contributed by atoms with van der Waals surface area (Å²) in [6, 6.07) is 14.8. The van der Waals surface area contributed by atoms with E-state index in [1.807, 2.05) is 40.6 Å². The van der Waals surface area contributed by atoms with Crippen molar-refractivity contribution in [3.63, 3.8) is 0 Å². The molecule has 3 aromatic rings. The Labute approximate surface area is 178 Å². The first-order chi connectivity index (χ1) is 14.1. The highest BCUT2D eigenvalue weighted by molar-refractivity contribution is 7.13. The summed E-state index contributed by atoms with van der Waals surface area (Å²) < 4.78 is 0. The van der Waals surface area contributed by atoms with Gasteiger partial charge < -0.3 is 10.2 Å². The maximum atomic E-state index is 12.8. The molecule has 2 aromatic carbocycles. The maximum Gasteiger partial charge on any atom is 0.255 e. The fourth-order valence-electron chi connectivity index (χ4n) is 3.36. The van der Waals surface area contributed by atoms with Crippen LogP contribution in [0.4, 0.5) is 5.69 Å². The van der Waals surface area contributed by atoms with Crippen molar-refractivity contribution in [2.75, 3.05) is 18.4 Å². The van der Waals surface area contributed by atoms with E-state index < -0.39 is 0 Å². The summed E-state index contributed by atoms with van der Waals surface area (Å²) in [5, 5.41) is 6.08. The van der Waals surface area contributed by atoms with Gasteiger partial charge in [-0.3, -0.25) is 9.59 Å². The lowest BCUT2D eigenvalue weighted by atomic mass is 10.1. The molecule has 5 nitrogen and oxygen atoms in total. The van der Waals surface area contributed by atoms with Gasteiger partial charge in [-0.1, -0.05) is 41.9 Å². The molecular formula is C22H20ClN3O2S. The van der Waals surface area contributed by atoms with E-state index in [-0.39, 0.29) is 18.2 Å². The summed E-state index contributed by atoms with van der Waals surface area (Å²) >= 11 is 7.61. The van der Waals surface area contributed by atoms with Crippen molar-refractivity contribution in [2.24, 2.45) is 0 Å². The lowest BCUT2D eigenvalue weighted by molar-refractivity contribution is -0.115. The summed E-state index contributed by atoms with van der Waals surface area (Å²) in [5.41, 5.74) is 2.63. The van der Waals surface area contributed by atoms with Crippen molar-refractivity contribution in [3.05, 3.63) is 70.2 Å². The summed E-state index contributed by atoms with van der Waals surface area (Å²) in [4.78, 5) is 31.8. The van der Waals surface area contributed by atoms with E-state index in [9.17, 15) is 9.59 Å². The number of carbonyl (C=O) groups excluding carboxylic acids is 2. The van der Waals surface area contributed by atoms with Crippen molar-refractivity contribution in [2.45, 2.75) is 19.3 Å². The number of nitrogens with one attached hydrogen (secondary N) is 1. The Balaban J connectivity index is 1.48. The Bertz CT molecular complexity index is 1030. The predicted octanol–water partition coefficient (Wildman–Crippen LogP) is 4.88. The fourth-order valence-corrected chi connectivity index (χ4v) is 4.36. The number of nitrogens with zero attached hydrogens (tertiary/aromatic N) is 2. The van der Waals surface area contributed by atoms with Gasteiger partial charge in [0.2, 0.25) is 5.91 Å². The summed E-state index contributed by atoms with van der Waals surface area (Å²) in [6.45, 7) is 1.49. The van der Waals surface area contributed by atoms with Crippen molar-refractivity contribution < 1.29 is 9.59 Å². The minimum absolute atomic E-state index is 0.0745. The summed E-state index contributed by atoms with van der Waals surface area (Å²) in [6.07, 6.45) is 2.15. The van der Waals surface area contributed by atoms with E-state index in [1.54, 1.807) is 18.2 Å². The van der Waals surface area contributed by atoms with Crippen LogP contribution < -0.4 is 5.32 Å². The third-order valence-corrected chi connectivity index (χ3v) is 5.97. The molecule has 2 amide bonds. The maximum absolute atomic E-state index is 12.8. The molecule has 1 aliphatic heterocycles. The van der Waals surface area contributed by atoms with Gasteiger partial charge in [-0.25, -0.2) is 4.98 Å². The zero-order chi connectivity index (χ0) is 20.2. The minimum Gasteiger partial charge on any atom is -0.339 e. The first-order valence-corrected chi connectivity index (χ1v) is 10.7. The average Bonchev–Trinajstić information content (AvgIpc) is 3.40. The van der Waals surface area contributed by atoms with Crippen molar-refractivity contribution >= 4 is 40.4 Å². The number of likely N-dealkylation sites (tertiary alicyclic amines) is 1. The van der Waals surface area contributed by atoms with Gasteiger partial charge >= 0.3 is 0 Å². The summed E-state index contributed by atoms with van der Waals surface area (Å²) in [5.74, 6) is -0.304. The third-order valence-electron chi connectivity index (χ3n) is 4.79. The smallest absolute Gasteiger partial charge is 0.255 e. The molecule has 4 rings (SSSR count). The van der Waals surface area contributed by atoms with Gasteiger partial charge in [-0.2, -0.15) is 0 Å². The highest BCUT2D eigenvalue weighted by Crippen LogP contribution is 2.26. The van der Waals surface area contributed by atoms with Crippen LogP contribution in [0.15, 0.2) is 53.9 Å². The van der Waals surface area contributed by atoms with Gasteiger partial charge in [-0.05, 0) is 31.0 Å². The number of hydrogen-bond acceptors (Lipinski definition) is 4. The fraction of sp³-hybridized carbons (Fsp3) is 0.227. The number of benzene rings is 2. The van der Waals surface area contributed by atoms with Gasteiger partial charge in [0.1, 0.15) is 5.01 Å². The van der Waals surface area contributed by atoms with Crippen molar-refractivity contribution in [1.29, 1.82) is 0 Å². The molecule has 1 fully saturated rings. The number of rotatable bonds is 5. The lowest BCUT2D eigenvalue weighted by Gasteiger charge is -2.18. The molecule has 29 heavy (non-hydrogen) atoms. The van der Waals surface area contributed by atoms with Crippen LogP contribution in [0.5, 0.6) is 0 Å². The minimum atomic E-state index is -0.229. The van der Waals surface area contributed by atoms with E-state index in [0.717, 1.165) is 36.5 Å². The lowest BCUT2D eigenvalue weighted by Crippen LogP contribution is -2.29. The highest BCUT2D eigenvalue weighted by Gasteiger charge is 2.23. The van der Waals surface area contributed by atoms with Crippen molar-refractivity contribution in [3.8, 4) is 10.6 Å². The van der Waals surface area contributed by atoms with E-state index in [0.29, 0.717) is 22.0 Å². The molecule has 1 N–H and O–H groups in total. The van der Waals surface area contributed by atoms with E-state index in [2.05, 4.69) is 10.3 Å². The molecule has 2 heterocycles. The molecule has 0 atom stereocenters. The normalized spacial score (nSPS) is 13.5. The van der Waals surface area contributed by atoms with E-state index in [1.165, 1.54) is 11.3 Å². The average molecular weight is 426 g/mol. The molecule has 0 aliphatic carbocycles. The standard InChI is InChI=1S/C22H20ClN3O2S/c23-16-8-9-18(22(28)26-10-4-5-11-26)19(12-16)25-20(27)13-17-14-29-21(24-17)15-6-2-1-3-7-15/h1-3,6-9,12,14H,4-5,10-11,13H2,(H,25,27). The first-order valence-electron chi connectivity index (χ1n) is 9.48. The number of thiazole rings is 1. The first kappa shape index (κ1) is 19.6. The Kier molecular flexibility index (Phi) is 5.92. The van der Waals surface area contributed by atoms with Gasteiger partial charge in [-0.15, -0.1) is 11.3 Å². The quantitative estimate of drug-likeness (QED) is 0.633.